The number of nitrogens with zero attached hydrogens (tertiary/aromatic N) is 1. The van der Waals surface area contributed by atoms with E-state index in [1.807, 2.05) is 17.8 Å². The maximum Gasteiger partial charge on any atom is 0.356 e. The lowest BCUT2D eigenvalue weighted by Crippen LogP contribution is -2.26. The highest BCUT2D eigenvalue weighted by atomic mass is 32.2. The number of hydrogen-bond donors (Lipinski definition) is 1. The van der Waals surface area contributed by atoms with E-state index >= 15 is 0 Å². The molecule has 2 rings (SSSR count). The average molecular weight is 280 g/mol. The largest absolute Gasteiger partial charge is 0.464 e. The van der Waals surface area contributed by atoms with Gasteiger partial charge in [-0.3, -0.25) is 0 Å². The van der Waals surface area contributed by atoms with Gasteiger partial charge in [-0.15, -0.1) is 0 Å². The normalized spacial score (nSPS) is 22.2. The Hall–Kier alpha value is -1.23. The van der Waals surface area contributed by atoms with E-state index < -0.39 is 5.97 Å². The van der Waals surface area contributed by atoms with E-state index in [1.165, 1.54) is 26.4 Å². The minimum atomic E-state index is -0.394. The fourth-order valence-corrected chi connectivity index (χ4v) is 3.65. The van der Waals surface area contributed by atoms with Gasteiger partial charge in [0.1, 0.15) is 5.69 Å². The summed E-state index contributed by atoms with van der Waals surface area (Å²) in [4.78, 5) is 15.5. The molecule has 5 heteroatoms. The monoisotopic (exact) mass is 280 g/mol. The molecule has 1 fully saturated rings. The van der Waals surface area contributed by atoms with Crippen LogP contribution in [0, 0.1) is 0 Å². The highest BCUT2D eigenvalue weighted by Crippen LogP contribution is 2.32. The first-order chi connectivity index (χ1) is 9.24. The van der Waals surface area contributed by atoms with E-state index in [1.54, 1.807) is 12.3 Å². The van der Waals surface area contributed by atoms with Gasteiger partial charge in [0.25, 0.3) is 0 Å². The molecule has 1 aliphatic rings. The molecule has 0 radical (unpaired) electrons. The summed E-state index contributed by atoms with van der Waals surface area (Å²) in [6.07, 6.45) is 5.37. The van der Waals surface area contributed by atoms with Gasteiger partial charge in [-0.25, -0.2) is 9.78 Å². The molecular formula is C14H20N2O2S. The van der Waals surface area contributed by atoms with Crippen molar-refractivity contribution in [3.05, 3.63) is 24.0 Å². The number of pyridine rings is 1. The quantitative estimate of drug-likeness (QED) is 0.840. The van der Waals surface area contributed by atoms with Gasteiger partial charge in [-0.05, 0) is 30.7 Å². The zero-order chi connectivity index (χ0) is 13.7. The number of methoxy groups -OCH3 is 1. The van der Waals surface area contributed by atoms with E-state index in [4.69, 9.17) is 0 Å². The van der Waals surface area contributed by atoms with Crippen molar-refractivity contribution in [3.63, 3.8) is 0 Å². The summed E-state index contributed by atoms with van der Waals surface area (Å²) in [6.45, 7) is 2.20. The van der Waals surface area contributed by atoms with Crippen LogP contribution in [0.2, 0.25) is 0 Å². The number of ether oxygens (including phenoxy) is 1. The van der Waals surface area contributed by atoms with Crippen molar-refractivity contribution in [2.75, 3.05) is 18.2 Å². The van der Waals surface area contributed by atoms with Gasteiger partial charge in [-0.1, -0.05) is 13.3 Å². The van der Waals surface area contributed by atoms with Crippen LogP contribution in [0.3, 0.4) is 0 Å². The SMILES string of the molecule is CCSC1CCCC1Nc1ccnc(C(=O)OC)c1. The van der Waals surface area contributed by atoms with Crippen LogP contribution in [0.1, 0.15) is 36.7 Å². The van der Waals surface area contributed by atoms with Crippen LogP contribution in [0.25, 0.3) is 0 Å². The van der Waals surface area contributed by atoms with Crippen LogP contribution < -0.4 is 5.32 Å². The molecule has 0 bridgehead atoms. The molecule has 1 aliphatic carbocycles. The topological polar surface area (TPSA) is 51.2 Å². The minimum Gasteiger partial charge on any atom is -0.464 e. The second-order valence-electron chi connectivity index (χ2n) is 4.60. The number of carbonyl (C=O) groups excluding carboxylic acids is 1. The molecule has 0 aliphatic heterocycles. The summed E-state index contributed by atoms with van der Waals surface area (Å²) < 4.78 is 4.69. The van der Waals surface area contributed by atoms with Crippen molar-refractivity contribution in [2.24, 2.45) is 0 Å². The summed E-state index contributed by atoms with van der Waals surface area (Å²) >= 11 is 2.01. The first-order valence-electron chi connectivity index (χ1n) is 6.67. The van der Waals surface area contributed by atoms with Gasteiger partial charge in [0, 0.05) is 23.2 Å². The van der Waals surface area contributed by atoms with Crippen LogP contribution >= 0.6 is 11.8 Å². The van der Waals surface area contributed by atoms with Crippen molar-refractivity contribution in [3.8, 4) is 0 Å². The summed E-state index contributed by atoms with van der Waals surface area (Å²) in [6, 6.07) is 4.15. The maximum atomic E-state index is 11.5. The Labute approximate surface area is 118 Å². The van der Waals surface area contributed by atoms with Gasteiger partial charge in [0.2, 0.25) is 0 Å². The van der Waals surface area contributed by atoms with Crippen molar-refractivity contribution in [1.29, 1.82) is 0 Å². The van der Waals surface area contributed by atoms with Crippen LogP contribution in [0.15, 0.2) is 18.3 Å². The Morgan fingerprint density at radius 2 is 2.42 bits per heavy atom. The molecule has 1 heterocycles. The smallest absolute Gasteiger partial charge is 0.356 e. The summed E-state index contributed by atoms with van der Waals surface area (Å²) in [7, 11) is 1.37. The maximum absolute atomic E-state index is 11.5. The summed E-state index contributed by atoms with van der Waals surface area (Å²) in [5.41, 5.74) is 1.30. The predicted octanol–water partition coefficient (Wildman–Crippen LogP) is 2.95. The Kier molecular flexibility index (Phi) is 5.07. The van der Waals surface area contributed by atoms with Crippen molar-refractivity contribution in [1.82, 2.24) is 4.98 Å². The Morgan fingerprint density at radius 3 is 3.16 bits per heavy atom. The first kappa shape index (κ1) is 14.2. The molecule has 2 unspecified atom stereocenters. The third-order valence-corrected chi connectivity index (χ3v) is 4.67. The Morgan fingerprint density at radius 1 is 1.58 bits per heavy atom. The van der Waals surface area contributed by atoms with Gasteiger partial charge in [0.15, 0.2) is 0 Å². The molecule has 1 N–H and O–H groups in total. The molecule has 0 spiro atoms. The number of nitrogens with one attached hydrogen (secondary N) is 1. The third-order valence-electron chi connectivity index (χ3n) is 3.34. The summed E-state index contributed by atoms with van der Waals surface area (Å²) in [5.74, 6) is 0.752. The van der Waals surface area contributed by atoms with E-state index in [0.29, 0.717) is 17.0 Å². The van der Waals surface area contributed by atoms with E-state index in [9.17, 15) is 4.79 Å². The number of thioether (sulfide) groups is 1. The zero-order valence-electron chi connectivity index (χ0n) is 11.4. The lowest BCUT2D eigenvalue weighted by molar-refractivity contribution is 0.0594. The summed E-state index contributed by atoms with van der Waals surface area (Å²) in [5, 5.41) is 4.19. The van der Waals surface area contributed by atoms with Crippen LogP contribution in [-0.2, 0) is 4.74 Å². The number of rotatable bonds is 5. The van der Waals surface area contributed by atoms with Crippen molar-refractivity contribution < 1.29 is 9.53 Å². The Bertz CT molecular complexity index is 439. The zero-order valence-corrected chi connectivity index (χ0v) is 12.2. The fraction of sp³-hybridized carbons (Fsp3) is 0.571. The van der Waals surface area contributed by atoms with Crippen LogP contribution in [0.4, 0.5) is 5.69 Å². The molecule has 19 heavy (non-hydrogen) atoms. The van der Waals surface area contributed by atoms with E-state index in [2.05, 4.69) is 22.0 Å². The standard InChI is InChI=1S/C14H20N2O2S/c1-3-19-13-6-4-5-11(13)16-10-7-8-15-12(9-10)14(17)18-2/h7-9,11,13H,3-6H2,1-2H3,(H,15,16). The molecular weight excluding hydrogens is 260 g/mol. The molecule has 0 aromatic carbocycles. The molecule has 4 nitrogen and oxygen atoms in total. The second kappa shape index (κ2) is 6.80. The van der Waals surface area contributed by atoms with E-state index in [-0.39, 0.29) is 0 Å². The highest BCUT2D eigenvalue weighted by molar-refractivity contribution is 7.99. The van der Waals surface area contributed by atoms with Gasteiger partial charge in [0.05, 0.1) is 7.11 Å². The molecule has 0 saturated heterocycles. The van der Waals surface area contributed by atoms with Crippen LogP contribution in [-0.4, -0.2) is 35.1 Å². The molecule has 2 atom stereocenters. The fourth-order valence-electron chi connectivity index (χ4n) is 2.46. The molecule has 1 saturated carbocycles. The van der Waals surface area contributed by atoms with Crippen molar-refractivity contribution >= 4 is 23.4 Å². The number of aromatic nitrogens is 1. The highest BCUT2D eigenvalue weighted by Gasteiger charge is 2.27. The lowest BCUT2D eigenvalue weighted by atomic mass is 10.2. The van der Waals surface area contributed by atoms with Gasteiger partial charge in [-0.2, -0.15) is 11.8 Å². The lowest BCUT2D eigenvalue weighted by Gasteiger charge is -2.21. The average Bonchev–Trinajstić information content (AvgIpc) is 2.86. The number of carbonyl (C=O) groups is 1. The van der Waals surface area contributed by atoms with Gasteiger partial charge >= 0.3 is 5.97 Å². The number of hydrogen-bond acceptors (Lipinski definition) is 5. The van der Waals surface area contributed by atoms with Crippen LogP contribution in [0.5, 0.6) is 0 Å². The molecule has 0 amide bonds. The molecule has 104 valence electrons. The molecule has 1 aromatic rings. The Balaban J connectivity index is 2.04. The van der Waals surface area contributed by atoms with Gasteiger partial charge < -0.3 is 10.1 Å². The predicted molar refractivity (Wildman–Crippen MR) is 78.8 cm³/mol. The number of esters is 1. The first-order valence-corrected chi connectivity index (χ1v) is 7.72. The number of anilines is 1. The molecule has 1 aromatic heterocycles. The van der Waals surface area contributed by atoms with E-state index in [0.717, 1.165) is 11.4 Å². The minimum absolute atomic E-state index is 0.352. The van der Waals surface area contributed by atoms with Crippen molar-refractivity contribution in [2.45, 2.75) is 37.5 Å². The second-order valence-corrected chi connectivity index (χ2v) is 6.11. The third kappa shape index (κ3) is 3.62.